The van der Waals surface area contributed by atoms with E-state index in [0.29, 0.717) is 25.9 Å². The molecule has 1 saturated heterocycles. The summed E-state index contributed by atoms with van der Waals surface area (Å²) in [6.07, 6.45) is 1.57. The van der Waals surface area contributed by atoms with Crippen molar-refractivity contribution in [2.75, 3.05) is 13.1 Å². The first kappa shape index (κ1) is 13.9. The summed E-state index contributed by atoms with van der Waals surface area (Å²) in [6.45, 7) is 3.29. The number of likely N-dealkylation sites (tertiary alicyclic amines) is 1. The Labute approximate surface area is 113 Å². The number of benzene rings is 1. The van der Waals surface area contributed by atoms with Crippen LogP contribution in [0, 0.1) is 5.92 Å². The molecule has 1 amide bonds. The quantitative estimate of drug-likeness (QED) is 0.870. The minimum Gasteiger partial charge on any atom is -0.508 e. The van der Waals surface area contributed by atoms with E-state index in [2.05, 4.69) is 0 Å². The highest BCUT2D eigenvalue weighted by Gasteiger charge is 2.28. The van der Waals surface area contributed by atoms with E-state index in [1.165, 1.54) is 0 Å². The molecule has 0 spiro atoms. The Morgan fingerprint density at radius 1 is 1.47 bits per heavy atom. The summed E-state index contributed by atoms with van der Waals surface area (Å²) in [7, 11) is 0. The molecule has 1 aliphatic rings. The topological polar surface area (TPSA) is 60.8 Å². The summed E-state index contributed by atoms with van der Waals surface area (Å²) in [5.41, 5.74) is 0.823. The smallest absolute Gasteiger partial charge is 0.227 e. The molecule has 1 aromatic carbocycles. The van der Waals surface area contributed by atoms with Crippen LogP contribution in [-0.4, -0.2) is 40.2 Å². The molecule has 0 radical (unpaired) electrons. The van der Waals surface area contributed by atoms with E-state index in [9.17, 15) is 15.0 Å². The van der Waals surface area contributed by atoms with Crippen LogP contribution in [0.5, 0.6) is 5.75 Å². The third kappa shape index (κ3) is 3.47. The molecule has 19 heavy (non-hydrogen) atoms. The van der Waals surface area contributed by atoms with Gasteiger partial charge in [-0.1, -0.05) is 19.1 Å². The number of hydrogen-bond acceptors (Lipinski definition) is 3. The van der Waals surface area contributed by atoms with E-state index in [0.717, 1.165) is 12.0 Å². The minimum atomic E-state index is -0.283. The van der Waals surface area contributed by atoms with Gasteiger partial charge < -0.3 is 15.1 Å². The van der Waals surface area contributed by atoms with Crippen molar-refractivity contribution in [3.8, 4) is 5.75 Å². The Morgan fingerprint density at radius 2 is 2.26 bits per heavy atom. The van der Waals surface area contributed by atoms with E-state index in [4.69, 9.17) is 0 Å². The number of amides is 1. The van der Waals surface area contributed by atoms with E-state index >= 15 is 0 Å². The van der Waals surface area contributed by atoms with Crippen LogP contribution in [0.2, 0.25) is 0 Å². The Morgan fingerprint density at radius 3 is 2.95 bits per heavy atom. The maximum absolute atomic E-state index is 12.2. The van der Waals surface area contributed by atoms with Gasteiger partial charge in [-0.2, -0.15) is 0 Å². The van der Waals surface area contributed by atoms with Crippen molar-refractivity contribution in [3.05, 3.63) is 29.8 Å². The number of aliphatic hydroxyl groups is 1. The summed E-state index contributed by atoms with van der Waals surface area (Å²) < 4.78 is 0. The van der Waals surface area contributed by atoms with Crippen molar-refractivity contribution >= 4 is 5.91 Å². The van der Waals surface area contributed by atoms with Crippen LogP contribution in [-0.2, 0) is 11.2 Å². The van der Waals surface area contributed by atoms with Gasteiger partial charge in [-0.3, -0.25) is 4.79 Å². The lowest BCUT2D eigenvalue weighted by atomic mass is 9.92. The standard InChI is InChI=1S/C15H21NO3/c1-2-12-10-16(7-6-14(12)18)15(19)9-11-4-3-5-13(17)8-11/h3-5,8,12,14,17-18H,2,6-7,9-10H2,1H3. The molecule has 2 N–H and O–H groups in total. The van der Waals surface area contributed by atoms with Crippen LogP contribution < -0.4 is 0 Å². The lowest BCUT2D eigenvalue weighted by Crippen LogP contribution is -2.46. The monoisotopic (exact) mass is 263 g/mol. The van der Waals surface area contributed by atoms with Crippen molar-refractivity contribution in [1.29, 1.82) is 0 Å². The molecule has 2 atom stereocenters. The van der Waals surface area contributed by atoms with Crippen LogP contribution in [0.25, 0.3) is 0 Å². The molecule has 2 rings (SSSR count). The number of aromatic hydroxyl groups is 1. The highest BCUT2D eigenvalue weighted by molar-refractivity contribution is 5.79. The number of phenols is 1. The van der Waals surface area contributed by atoms with Gasteiger partial charge in [0.25, 0.3) is 0 Å². The molecule has 4 nitrogen and oxygen atoms in total. The molecule has 0 bridgehead atoms. The second-order valence-corrected chi connectivity index (χ2v) is 5.21. The van der Waals surface area contributed by atoms with Crippen LogP contribution in [0.1, 0.15) is 25.3 Å². The zero-order valence-electron chi connectivity index (χ0n) is 11.2. The molecular formula is C15H21NO3. The number of nitrogens with zero attached hydrogens (tertiary/aromatic N) is 1. The van der Waals surface area contributed by atoms with Gasteiger partial charge in [0.15, 0.2) is 0 Å². The first-order valence-electron chi connectivity index (χ1n) is 6.84. The maximum atomic E-state index is 12.2. The molecule has 4 heteroatoms. The van der Waals surface area contributed by atoms with Gasteiger partial charge in [-0.05, 0) is 30.5 Å². The van der Waals surface area contributed by atoms with Gasteiger partial charge in [-0.25, -0.2) is 0 Å². The lowest BCUT2D eigenvalue weighted by molar-refractivity contribution is -0.134. The molecule has 104 valence electrons. The van der Waals surface area contributed by atoms with Crippen molar-refractivity contribution in [2.24, 2.45) is 5.92 Å². The number of rotatable bonds is 3. The molecule has 0 aliphatic carbocycles. The van der Waals surface area contributed by atoms with E-state index in [1.54, 1.807) is 18.2 Å². The molecular weight excluding hydrogens is 242 g/mol. The largest absolute Gasteiger partial charge is 0.508 e. The third-order valence-corrected chi connectivity index (χ3v) is 3.84. The zero-order chi connectivity index (χ0) is 13.8. The zero-order valence-corrected chi connectivity index (χ0v) is 11.2. The summed E-state index contributed by atoms with van der Waals surface area (Å²) in [4.78, 5) is 14.0. The first-order chi connectivity index (χ1) is 9.10. The van der Waals surface area contributed by atoms with Gasteiger partial charge in [0, 0.05) is 19.0 Å². The number of carbonyl (C=O) groups is 1. The van der Waals surface area contributed by atoms with Crippen LogP contribution in [0.15, 0.2) is 24.3 Å². The third-order valence-electron chi connectivity index (χ3n) is 3.84. The SMILES string of the molecule is CCC1CN(C(=O)Cc2cccc(O)c2)CCC1O. The van der Waals surface area contributed by atoms with Crippen LogP contribution in [0.3, 0.4) is 0 Å². The normalized spacial score (nSPS) is 23.4. The average Bonchev–Trinajstić information content (AvgIpc) is 2.39. The fourth-order valence-corrected chi connectivity index (χ4v) is 2.60. The molecule has 1 aliphatic heterocycles. The predicted molar refractivity (Wildman–Crippen MR) is 72.8 cm³/mol. The van der Waals surface area contributed by atoms with Gasteiger partial charge in [0.2, 0.25) is 5.91 Å². The van der Waals surface area contributed by atoms with Crippen molar-refractivity contribution in [2.45, 2.75) is 32.3 Å². The summed E-state index contributed by atoms with van der Waals surface area (Å²) >= 11 is 0. The molecule has 0 aromatic heterocycles. The first-order valence-corrected chi connectivity index (χ1v) is 6.84. The van der Waals surface area contributed by atoms with Crippen molar-refractivity contribution in [3.63, 3.8) is 0 Å². The second-order valence-electron chi connectivity index (χ2n) is 5.21. The second kappa shape index (κ2) is 6.06. The highest BCUT2D eigenvalue weighted by Crippen LogP contribution is 2.21. The van der Waals surface area contributed by atoms with E-state index in [1.807, 2.05) is 17.9 Å². The van der Waals surface area contributed by atoms with Crippen molar-refractivity contribution in [1.82, 2.24) is 4.90 Å². The van der Waals surface area contributed by atoms with Crippen LogP contribution >= 0.6 is 0 Å². The molecule has 1 heterocycles. The van der Waals surface area contributed by atoms with E-state index < -0.39 is 0 Å². The number of phenolic OH excluding ortho intramolecular Hbond substituents is 1. The summed E-state index contributed by atoms with van der Waals surface area (Å²) in [6, 6.07) is 6.80. The Hall–Kier alpha value is -1.55. The molecule has 1 aromatic rings. The Kier molecular flexibility index (Phi) is 4.43. The van der Waals surface area contributed by atoms with Gasteiger partial charge >= 0.3 is 0 Å². The van der Waals surface area contributed by atoms with Crippen LogP contribution in [0.4, 0.5) is 0 Å². The molecule has 1 fully saturated rings. The van der Waals surface area contributed by atoms with Gasteiger partial charge in [0.05, 0.1) is 12.5 Å². The highest BCUT2D eigenvalue weighted by atomic mass is 16.3. The number of carbonyl (C=O) groups excluding carboxylic acids is 1. The summed E-state index contributed by atoms with van der Waals surface area (Å²) in [5, 5.41) is 19.2. The maximum Gasteiger partial charge on any atom is 0.227 e. The van der Waals surface area contributed by atoms with Gasteiger partial charge in [0.1, 0.15) is 5.75 Å². The van der Waals surface area contributed by atoms with E-state index in [-0.39, 0.29) is 23.7 Å². The summed E-state index contributed by atoms with van der Waals surface area (Å²) in [5.74, 6) is 0.434. The predicted octanol–water partition coefficient (Wildman–Crippen LogP) is 1.55. The number of piperidine rings is 1. The number of aliphatic hydroxyl groups excluding tert-OH is 1. The fourth-order valence-electron chi connectivity index (χ4n) is 2.60. The minimum absolute atomic E-state index is 0.0657. The molecule has 2 unspecified atom stereocenters. The number of hydrogen-bond donors (Lipinski definition) is 2. The lowest BCUT2D eigenvalue weighted by Gasteiger charge is -2.35. The Balaban J connectivity index is 1.97. The fraction of sp³-hybridized carbons (Fsp3) is 0.533. The van der Waals surface area contributed by atoms with Crippen molar-refractivity contribution < 1.29 is 15.0 Å². The van der Waals surface area contributed by atoms with Gasteiger partial charge in [-0.15, -0.1) is 0 Å². The molecule has 0 saturated carbocycles. The average molecular weight is 263 g/mol. The Bertz CT molecular complexity index is 447.